The van der Waals surface area contributed by atoms with Crippen LogP contribution in [0.25, 0.3) is 0 Å². The zero-order valence-electron chi connectivity index (χ0n) is 16.4. The molecule has 2 N–H and O–H groups in total. The molecule has 2 aromatic carbocycles. The second kappa shape index (κ2) is 10.8. The van der Waals surface area contributed by atoms with Gasteiger partial charge in [-0.3, -0.25) is 9.59 Å². The minimum Gasteiger partial charge on any atom is -0.352 e. The highest BCUT2D eigenvalue weighted by atomic mass is 16.2. The molecule has 0 unspecified atom stereocenters. The molecule has 6 nitrogen and oxygen atoms in total. The molecule has 6 heteroatoms. The predicted octanol–water partition coefficient (Wildman–Crippen LogP) is 2.95. The van der Waals surface area contributed by atoms with Gasteiger partial charge in [-0.2, -0.15) is 0 Å². The highest BCUT2D eigenvalue weighted by Gasteiger charge is 2.06. The van der Waals surface area contributed by atoms with Crippen LogP contribution in [0.5, 0.6) is 0 Å². The van der Waals surface area contributed by atoms with Crippen molar-refractivity contribution in [2.45, 2.75) is 32.4 Å². The maximum atomic E-state index is 12.2. The van der Waals surface area contributed by atoms with Crippen LogP contribution in [-0.4, -0.2) is 27.9 Å². The molecular formula is C23H26N4O2. The molecule has 0 aliphatic rings. The van der Waals surface area contributed by atoms with Gasteiger partial charge in [0.1, 0.15) is 0 Å². The highest BCUT2D eigenvalue weighted by Crippen LogP contribution is 2.06. The molecule has 150 valence electrons. The van der Waals surface area contributed by atoms with Gasteiger partial charge < -0.3 is 15.2 Å². The van der Waals surface area contributed by atoms with Gasteiger partial charge in [0, 0.05) is 44.0 Å². The minimum atomic E-state index is -0.0888. The van der Waals surface area contributed by atoms with Crippen LogP contribution in [0.3, 0.4) is 0 Å². The Morgan fingerprint density at radius 3 is 2.45 bits per heavy atom. The molecule has 0 radical (unpaired) electrons. The molecule has 0 aliphatic carbocycles. The number of aryl methyl sites for hydroxylation is 2. The maximum absolute atomic E-state index is 12.2. The van der Waals surface area contributed by atoms with Gasteiger partial charge in [-0.05, 0) is 36.1 Å². The summed E-state index contributed by atoms with van der Waals surface area (Å²) in [6.07, 6.45) is 7.44. The molecule has 0 saturated carbocycles. The van der Waals surface area contributed by atoms with Crippen LogP contribution in [-0.2, 0) is 24.3 Å². The van der Waals surface area contributed by atoms with E-state index >= 15 is 0 Å². The molecule has 0 bridgehead atoms. The van der Waals surface area contributed by atoms with E-state index in [0.717, 1.165) is 30.5 Å². The SMILES string of the molecule is O=C(CCc1ccccc1)NCc1ccc(C(=O)NCCCn2ccnc2)cc1. The highest BCUT2D eigenvalue weighted by molar-refractivity contribution is 5.94. The van der Waals surface area contributed by atoms with Crippen molar-refractivity contribution in [3.63, 3.8) is 0 Å². The summed E-state index contributed by atoms with van der Waals surface area (Å²) in [7, 11) is 0. The van der Waals surface area contributed by atoms with E-state index in [9.17, 15) is 9.59 Å². The number of aromatic nitrogens is 2. The molecule has 0 saturated heterocycles. The minimum absolute atomic E-state index is 0.0218. The third kappa shape index (κ3) is 6.92. The van der Waals surface area contributed by atoms with E-state index in [-0.39, 0.29) is 11.8 Å². The maximum Gasteiger partial charge on any atom is 0.251 e. The summed E-state index contributed by atoms with van der Waals surface area (Å²) in [5.41, 5.74) is 2.74. The average molecular weight is 390 g/mol. The van der Waals surface area contributed by atoms with Crippen LogP contribution in [0.4, 0.5) is 0 Å². The van der Waals surface area contributed by atoms with Gasteiger partial charge in [-0.15, -0.1) is 0 Å². The van der Waals surface area contributed by atoms with Gasteiger partial charge in [-0.25, -0.2) is 4.98 Å². The first-order valence-electron chi connectivity index (χ1n) is 9.84. The van der Waals surface area contributed by atoms with Crippen molar-refractivity contribution in [3.05, 3.63) is 90.0 Å². The summed E-state index contributed by atoms with van der Waals surface area (Å²) in [5, 5.41) is 5.85. The van der Waals surface area contributed by atoms with Crippen LogP contribution < -0.4 is 10.6 Å². The van der Waals surface area contributed by atoms with Gasteiger partial charge in [0.2, 0.25) is 5.91 Å². The topological polar surface area (TPSA) is 76.0 Å². The van der Waals surface area contributed by atoms with Gasteiger partial charge in [0.25, 0.3) is 5.91 Å². The molecule has 1 aromatic heterocycles. The zero-order chi connectivity index (χ0) is 20.3. The molecule has 2 amide bonds. The normalized spacial score (nSPS) is 10.5. The van der Waals surface area contributed by atoms with Crippen molar-refractivity contribution >= 4 is 11.8 Å². The van der Waals surface area contributed by atoms with Crippen LogP contribution in [0.1, 0.15) is 34.3 Å². The van der Waals surface area contributed by atoms with Crippen LogP contribution >= 0.6 is 0 Å². The Hall–Kier alpha value is -3.41. The number of benzene rings is 2. The number of nitrogens with zero attached hydrogens (tertiary/aromatic N) is 2. The summed E-state index contributed by atoms with van der Waals surface area (Å²) >= 11 is 0. The smallest absolute Gasteiger partial charge is 0.251 e. The summed E-state index contributed by atoms with van der Waals surface area (Å²) in [6, 6.07) is 17.3. The molecule has 0 aliphatic heterocycles. The number of carbonyl (C=O) groups is 2. The first-order chi connectivity index (χ1) is 14.2. The number of imidazole rings is 1. The molecule has 0 spiro atoms. The summed E-state index contributed by atoms with van der Waals surface area (Å²) in [5.74, 6) is -0.0670. The first kappa shape index (κ1) is 20.3. The van der Waals surface area contributed by atoms with Gasteiger partial charge in [0.05, 0.1) is 6.33 Å². The lowest BCUT2D eigenvalue weighted by Gasteiger charge is -2.08. The number of hydrogen-bond acceptors (Lipinski definition) is 3. The predicted molar refractivity (Wildman–Crippen MR) is 112 cm³/mol. The molecular weight excluding hydrogens is 364 g/mol. The van der Waals surface area contributed by atoms with Gasteiger partial charge >= 0.3 is 0 Å². The van der Waals surface area contributed by atoms with Crippen molar-refractivity contribution < 1.29 is 9.59 Å². The molecule has 29 heavy (non-hydrogen) atoms. The van der Waals surface area contributed by atoms with E-state index in [2.05, 4.69) is 15.6 Å². The van der Waals surface area contributed by atoms with E-state index in [4.69, 9.17) is 0 Å². The monoisotopic (exact) mass is 390 g/mol. The molecule has 0 atom stereocenters. The van der Waals surface area contributed by atoms with Crippen molar-refractivity contribution in [2.75, 3.05) is 6.54 Å². The second-order valence-corrected chi connectivity index (χ2v) is 6.87. The van der Waals surface area contributed by atoms with E-state index < -0.39 is 0 Å². The lowest BCUT2D eigenvalue weighted by atomic mass is 10.1. The summed E-state index contributed by atoms with van der Waals surface area (Å²) in [6.45, 7) is 1.89. The molecule has 3 aromatic rings. The quantitative estimate of drug-likeness (QED) is 0.523. The summed E-state index contributed by atoms with van der Waals surface area (Å²) in [4.78, 5) is 28.2. The van der Waals surface area contributed by atoms with Crippen LogP contribution in [0.15, 0.2) is 73.3 Å². The standard InChI is InChI=1S/C23H26N4O2/c28-22(12-9-19-5-2-1-3-6-19)26-17-20-7-10-21(11-8-20)23(29)25-13-4-15-27-16-14-24-18-27/h1-3,5-8,10-11,14,16,18H,4,9,12-13,15,17H2,(H,25,29)(H,26,28). The third-order valence-electron chi connectivity index (χ3n) is 4.63. The number of carbonyl (C=O) groups excluding carboxylic acids is 2. The Morgan fingerprint density at radius 2 is 1.72 bits per heavy atom. The molecule has 1 heterocycles. The fraction of sp³-hybridized carbons (Fsp3) is 0.261. The van der Waals surface area contributed by atoms with Crippen molar-refractivity contribution in [1.29, 1.82) is 0 Å². The third-order valence-corrected chi connectivity index (χ3v) is 4.63. The van der Waals surface area contributed by atoms with Crippen molar-refractivity contribution in [3.8, 4) is 0 Å². The lowest BCUT2D eigenvalue weighted by Crippen LogP contribution is -2.25. The number of amides is 2. The Balaban J connectivity index is 1.35. The summed E-state index contributed by atoms with van der Waals surface area (Å²) < 4.78 is 1.98. The van der Waals surface area contributed by atoms with E-state index in [1.807, 2.05) is 53.2 Å². The van der Waals surface area contributed by atoms with Crippen LogP contribution in [0.2, 0.25) is 0 Å². The van der Waals surface area contributed by atoms with E-state index in [1.54, 1.807) is 24.7 Å². The van der Waals surface area contributed by atoms with Crippen molar-refractivity contribution in [1.82, 2.24) is 20.2 Å². The zero-order valence-corrected chi connectivity index (χ0v) is 16.4. The Kier molecular flexibility index (Phi) is 7.57. The number of nitrogens with one attached hydrogen (secondary N) is 2. The second-order valence-electron chi connectivity index (χ2n) is 6.87. The van der Waals surface area contributed by atoms with Gasteiger partial charge in [-0.1, -0.05) is 42.5 Å². The van der Waals surface area contributed by atoms with Crippen molar-refractivity contribution in [2.24, 2.45) is 0 Å². The van der Waals surface area contributed by atoms with E-state index in [0.29, 0.717) is 25.1 Å². The average Bonchev–Trinajstić information content (AvgIpc) is 3.28. The molecule has 3 rings (SSSR count). The lowest BCUT2D eigenvalue weighted by molar-refractivity contribution is -0.121. The Bertz CT molecular complexity index is 890. The van der Waals surface area contributed by atoms with Gasteiger partial charge in [0.15, 0.2) is 0 Å². The fourth-order valence-corrected chi connectivity index (χ4v) is 2.95. The van der Waals surface area contributed by atoms with Crippen LogP contribution in [0, 0.1) is 0 Å². The Morgan fingerprint density at radius 1 is 0.931 bits per heavy atom. The Labute approximate surface area is 171 Å². The number of hydrogen-bond donors (Lipinski definition) is 2. The molecule has 0 fully saturated rings. The first-order valence-corrected chi connectivity index (χ1v) is 9.84. The largest absolute Gasteiger partial charge is 0.352 e. The van der Waals surface area contributed by atoms with E-state index in [1.165, 1.54) is 0 Å². The fourth-order valence-electron chi connectivity index (χ4n) is 2.95. The number of rotatable bonds is 10.